The molecular formula is C19H23NO5. The van der Waals surface area contributed by atoms with Crippen molar-refractivity contribution in [1.82, 2.24) is 4.90 Å². The van der Waals surface area contributed by atoms with Gasteiger partial charge in [0.2, 0.25) is 0 Å². The van der Waals surface area contributed by atoms with Gasteiger partial charge in [0, 0.05) is 30.4 Å². The van der Waals surface area contributed by atoms with E-state index in [1.54, 1.807) is 19.1 Å². The van der Waals surface area contributed by atoms with E-state index in [2.05, 4.69) is 4.90 Å². The van der Waals surface area contributed by atoms with E-state index in [1.165, 1.54) is 12.1 Å². The molecule has 25 heavy (non-hydrogen) atoms. The number of phenolic OH excluding ortho intramolecular Hbond substituents is 2. The number of nitrogens with zero attached hydrogens (tertiary/aromatic N) is 1. The van der Waals surface area contributed by atoms with Crippen molar-refractivity contribution in [2.45, 2.75) is 19.8 Å². The summed E-state index contributed by atoms with van der Waals surface area (Å²) >= 11 is 0. The molecule has 1 aliphatic heterocycles. The van der Waals surface area contributed by atoms with E-state index in [0.29, 0.717) is 38.2 Å². The summed E-state index contributed by atoms with van der Waals surface area (Å²) in [6.07, 6.45) is 2.92. The van der Waals surface area contributed by atoms with Crippen LogP contribution in [0.4, 0.5) is 0 Å². The van der Waals surface area contributed by atoms with Crippen LogP contribution in [0.3, 0.4) is 0 Å². The number of hydrogen-bond acceptors (Lipinski definition) is 6. The van der Waals surface area contributed by atoms with Gasteiger partial charge in [0.05, 0.1) is 19.8 Å². The second-order valence-electron chi connectivity index (χ2n) is 6.05. The quantitative estimate of drug-likeness (QED) is 0.496. The molecule has 0 radical (unpaired) electrons. The van der Waals surface area contributed by atoms with Gasteiger partial charge >= 0.3 is 5.97 Å². The number of hydrogen-bond donors (Lipinski definition) is 2. The van der Waals surface area contributed by atoms with Crippen LogP contribution in [0.25, 0.3) is 5.57 Å². The van der Waals surface area contributed by atoms with Crippen LogP contribution in [0.2, 0.25) is 0 Å². The monoisotopic (exact) mass is 345 g/mol. The van der Waals surface area contributed by atoms with Crippen molar-refractivity contribution in [3.8, 4) is 11.5 Å². The molecule has 2 aliphatic rings. The Labute approximate surface area is 147 Å². The predicted octanol–water partition coefficient (Wildman–Crippen LogP) is 2.42. The topological polar surface area (TPSA) is 79.2 Å². The number of carbonyl (C=O) groups is 1. The van der Waals surface area contributed by atoms with Crippen LogP contribution < -0.4 is 0 Å². The lowest BCUT2D eigenvalue weighted by Gasteiger charge is -2.32. The highest BCUT2D eigenvalue weighted by molar-refractivity contribution is 5.87. The summed E-state index contributed by atoms with van der Waals surface area (Å²) in [5.74, 6) is -0.134. The number of rotatable bonds is 4. The Balaban J connectivity index is 2.06. The molecule has 1 aromatic carbocycles. The van der Waals surface area contributed by atoms with Crippen LogP contribution in [-0.2, 0) is 14.3 Å². The molecule has 0 unspecified atom stereocenters. The first-order valence-electron chi connectivity index (χ1n) is 8.56. The lowest BCUT2D eigenvalue weighted by Crippen LogP contribution is -2.36. The van der Waals surface area contributed by atoms with E-state index in [4.69, 9.17) is 9.47 Å². The minimum atomic E-state index is -0.357. The van der Waals surface area contributed by atoms with Crippen molar-refractivity contribution in [2.24, 2.45) is 0 Å². The molecule has 6 heteroatoms. The van der Waals surface area contributed by atoms with Crippen molar-refractivity contribution < 1.29 is 24.5 Å². The van der Waals surface area contributed by atoms with Crippen molar-refractivity contribution in [2.75, 3.05) is 32.9 Å². The fourth-order valence-electron chi connectivity index (χ4n) is 3.37. The van der Waals surface area contributed by atoms with Crippen molar-refractivity contribution in [1.29, 1.82) is 0 Å². The molecule has 1 aliphatic carbocycles. The number of benzene rings is 1. The van der Waals surface area contributed by atoms with Gasteiger partial charge in [-0.1, -0.05) is 0 Å². The third-order valence-electron chi connectivity index (χ3n) is 4.45. The molecule has 0 amide bonds. The molecule has 0 spiro atoms. The van der Waals surface area contributed by atoms with Gasteiger partial charge in [0.15, 0.2) is 0 Å². The van der Waals surface area contributed by atoms with E-state index in [-0.39, 0.29) is 17.5 Å². The zero-order valence-electron chi connectivity index (χ0n) is 14.3. The summed E-state index contributed by atoms with van der Waals surface area (Å²) in [5, 5.41) is 20.1. The number of carbonyl (C=O) groups excluding carboxylic acids is 1. The fraction of sp³-hybridized carbons (Fsp3) is 0.421. The zero-order chi connectivity index (χ0) is 17.8. The Morgan fingerprint density at radius 2 is 2.04 bits per heavy atom. The molecule has 134 valence electrons. The van der Waals surface area contributed by atoms with Gasteiger partial charge in [-0.25, -0.2) is 4.79 Å². The van der Waals surface area contributed by atoms with Crippen molar-refractivity contribution in [3.05, 3.63) is 41.1 Å². The Morgan fingerprint density at radius 1 is 1.28 bits per heavy atom. The number of morpholine rings is 1. The first-order valence-corrected chi connectivity index (χ1v) is 8.56. The number of aromatic hydroxyl groups is 2. The maximum absolute atomic E-state index is 11.9. The molecule has 1 aromatic rings. The van der Waals surface area contributed by atoms with Gasteiger partial charge in [0.1, 0.15) is 11.5 Å². The highest BCUT2D eigenvalue weighted by Gasteiger charge is 2.29. The second-order valence-corrected chi connectivity index (χ2v) is 6.05. The average molecular weight is 345 g/mol. The van der Waals surface area contributed by atoms with Gasteiger partial charge in [-0.2, -0.15) is 0 Å². The van der Waals surface area contributed by atoms with E-state index in [0.717, 1.165) is 29.9 Å². The Morgan fingerprint density at radius 3 is 2.76 bits per heavy atom. The normalized spacial score (nSPS) is 19.6. The Bertz CT molecular complexity index is 717. The summed E-state index contributed by atoms with van der Waals surface area (Å²) in [6.45, 7) is 4.79. The third-order valence-corrected chi connectivity index (χ3v) is 4.45. The van der Waals surface area contributed by atoms with E-state index >= 15 is 0 Å². The van der Waals surface area contributed by atoms with Crippen molar-refractivity contribution >= 4 is 11.5 Å². The summed E-state index contributed by atoms with van der Waals surface area (Å²) in [4.78, 5) is 14.1. The highest BCUT2D eigenvalue weighted by Crippen LogP contribution is 2.43. The molecule has 3 rings (SSSR count). The minimum absolute atomic E-state index is 0.101. The second kappa shape index (κ2) is 7.61. The molecule has 6 nitrogen and oxygen atoms in total. The minimum Gasteiger partial charge on any atom is -0.508 e. The molecule has 1 fully saturated rings. The van der Waals surface area contributed by atoms with Gasteiger partial charge in [-0.15, -0.1) is 0 Å². The van der Waals surface area contributed by atoms with Crippen LogP contribution in [-0.4, -0.2) is 54.0 Å². The molecule has 2 N–H and O–H groups in total. The first-order chi connectivity index (χ1) is 12.1. The predicted molar refractivity (Wildman–Crippen MR) is 93.0 cm³/mol. The first kappa shape index (κ1) is 17.4. The summed E-state index contributed by atoms with van der Waals surface area (Å²) < 4.78 is 10.5. The van der Waals surface area contributed by atoms with Crippen molar-refractivity contribution in [3.63, 3.8) is 0 Å². The molecule has 0 aromatic heterocycles. The Hall–Kier alpha value is -2.47. The summed E-state index contributed by atoms with van der Waals surface area (Å²) in [5.41, 5.74) is 3.38. The fourth-order valence-corrected chi connectivity index (χ4v) is 3.37. The van der Waals surface area contributed by atoms with Gasteiger partial charge in [-0.05, 0) is 49.1 Å². The smallest absolute Gasteiger partial charge is 0.331 e. The lowest BCUT2D eigenvalue weighted by molar-refractivity contribution is -0.137. The van der Waals surface area contributed by atoms with Crippen LogP contribution in [0.15, 0.2) is 35.5 Å². The van der Waals surface area contributed by atoms with Gasteiger partial charge in [0.25, 0.3) is 0 Å². The van der Waals surface area contributed by atoms with Crippen LogP contribution in [0, 0.1) is 0 Å². The molecule has 0 atom stereocenters. The highest BCUT2D eigenvalue weighted by atomic mass is 16.5. The molecular weight excluding hydrogens is 322 g/mol. The third kappa shape index (κ3) is 3.79. The van der Waals surface area contributed by atoms with Crippen LogP contribution >= 0.6 is 0 Å². The lowest BCUT2D eigenvalue weighted by atomic mass is 10.0. The maximum atomic E-state index is 11.9. The maximum Gasteiger partial charge on any atom is 0.331 e. The number of esters is 1. The van der Waals surface area contributed by atoms with E-state index in [9.17, 15) is 15.0 Å². The van der Waals surface area contributed by atoms with Crippen LogP contribution in [0.5, 0.6) is 11.5 Å². The number of ether oxygens (including phenoxy) is 2. The SMILES string of the molecule is CCOC(=O)/C=C1\CCC(c2cc(O)ccc2O)=C1N1CCOCC1. The van der Waals surface area contributed by atoms with Crippen LogP contribution in [0.1, 0.15) is 25.3 Å². The largest absolute Gasteiger partial charge is 0.508 e. The summed E-state index contributed by atoms with van der Waals surface area (Å²) in [7, 11) is 0. The molecule has 0 saturated carbocycles. The molecule has 1 saturated heterocycles. The summed E-state index contributed by atoms with van der Waals surface area (Å²) in [6, 6.07) is 4.51. The zero-order valence-corrected chi connectivity index (χ0v) is 14.3. The average Bonchev–Trinajstić information content (AvgIpc) is 3.01. The molecule has 0 bridgehead atoms. The Kier molecular flexibility index (Phi) is 5.28. The van der Waals surface area contributed by atoms with E-state index in [1.807, 2.05) is 0 Å². The number of allylic oxidation sites excluding steroid dienone is 2. The van der Waals surface area contributed by atoms with Gasteiger partial charge < -0.3 is 24.6 Å². The van der Waals surface area contributed by atoms with Gasteiger partial charge in [-0.3, -0.25) is 0 Å². The molecule has 1 heterocycles. The number of phenols is 2. The standard InChI is InChI=1S/C19H23NO5/c1-2-25-18(23)11-13-3-5-15(16-12-14(21)4-6-17(16)22)19(13)20-7-9-24-10-8-20/h4,6,11-12,21-22H,2-3,5,7-10H2,1H3/b13-11+. The van der Waals surface area contributed by atoms with E-state index < -0.39 is 0 Å².